The number of H-pyrrole nitrogens is 1. The van der Waals surface area contributed by atoms with E-state index < -0.39 is 4.92 Å². The number of ether oxygens (including phenoxy) is 1. The molecule has 0 unspecified atom stereocenters. The molecule has 10 heteroatoms. The van der Waals surface area contributed by atoms with Gasteiger partial charge in [-0.15, -0.1) is 0 Å². The molecular weight excluding hydrogens is 422 g/mol. The van der Waals surface area contributed by atoms with Gasteiger partial charge in [0.15, 0.2) is 0 Å². The Morgan fingerprint density at radius 1 is 1.19 bits per heavy atom. The molecule has 3 aromatic rings. The van der Waals surface area contributed by atoms with Gasteiger partial charge in [0.1, 0.15) is 5.75 Å². The number of amides is 1. The van der Waals surface area contributed by atoms with Gasteiger partial charge in [-0.1, -0.05) is 29.5 Å². The number of non-ortho nitro benzene ring substituents is 1. The van der Waals surface area contributed by atoms with Crippen molar-refractivity contribution in [2.75, 3.05) is 12.0 Å². The maximum Gasteiger partial charge on any atom is 0.307 e. The molecule has 9 nitrogen and oxygen atoms in total. The number of fused-ring (bicyclic) bond motifs is 1. The van der Waals surface area contributed by atoms with Crippen LogP contribution in [-0.4, -0.2) is 28.0 Å². The first kappa shape index (κ1) is 20.6. The number of hydrogen-bond acceptors (Lipinski definition) is 7. The molecule has 0 saturated heterocycles. The zero-order valence-electron chi connectivity index (χ0n) is 16.6. The summed E-state index contributed by atoms with van der Waals surface area (Å²) >= 11 is 0.949. The fourth-order valence-electron chi connectivity index (χ4n) is 3.77. The van der Waals surface area contributed by atoms with Crippen LogP contribution in [0.2, 0.25) is 0 Å². The first-order valence-corrected chi connectivity index (χ1v) is 10.3. The lowest BCUT2D eigenvalue weighted by molar-refractivity contribution is -0.384. The van der Waals surface area contributed by atoms with Gasteiger partial charge < -0.3 is 14.7 Å². The molecule has 0 atom stereocenters. The second kappa shape index (κ2) is 8.23. The zero-order valence-corrected chi connectivity index (χ0v) is 17.4. The molecule has 1 aliphatic heterocycles. The molecular formula is C21H19N3O6S. The number of aromatic amines is 1. The van der Waals surface area contributed by atoms with E-state index in [1.165, 1.54) is 19.2 Å². The Hall–Kier alpha value is -3.66. The highest BCUT2D eigenvalue weighted by Gasteiger charge is 2.30. The van der Waals surface area contributed by atoms with Gasteiger partial charge in [-0.25, -0.2) is 0 Å². The van der Waals surface area contributed by atoms with Gasteiger partial charge in [0.2, 0.25) is 11.8 Å². The number of rotatable bonds is 6. The van der Waals surface area contributed by atoms with Crippen LogP contribution in [0.25, 0.3) is 0 Å². The van der Waals surface area contributed by atoms with Crippen LogP contribution in [0.1, 0.15) is 28.0 Å². The number of carbonyl (C=O) groups excluding carboxylic acids is 1. The van der Waals surface area contributed by atoms with E-state index in [0.29, 0.717) is 35.6 Å². The Bertz CT molecular complexity index is 1210. The van der Waals surface area contributed by atoms with Crippen LogP contribution in [0.15, 0.2) is 41.2 Å². The molecule has 2 N–H and O–H groups in total. The molecule has 0 saturated carbocycles. The molecule has 2 aromatic carbocycles. The minimum atomic E-state index is -0.467. The summed E-state index contributed by atoms with van der Waals surface area (Å²) in [5.41, 5.74) is 3.20. The summed E-state index contributed by atoms with van der Waals surface area (Å²) < 4.78 is 5.53. The van der Waals surface area contributed by atoms with E-state index in [-0.39, 0.29) is 28.9 Å². The summed E-state index contributed by atoms with van der Waals surface area (Å²) in [4.78, 5) is 39.0. The van der Waals surface area contributed by atoms with Gasteiger partial charge in [0.25, 0.3) is 5.69 Å². The number of hydrogen-bond donors (Lipinski definition) is 2. The summed E-state index contributed by atoms with van der Waals surface area (Å²) in [6, 6.07) is 9.73. The first-order valence-electron chi connectivity index (χ1n) is 9.50. The van der Waals surface area contributed by atoms with Gasteiger partial charge >= 0.3 is 4.87 Å². The van der Waals surface area contributed by atoms with Gasteiger partial charge in [-0.2, -0.15) is 0 Å². The molecule has 0 fully saturated rings. The van der Waals surface area contributed by atoms with Crippen molar-refractivity contribution in [3.63, 3.8) is 0 Å². The van der Waals surface area contributed by atoms with Crippen molar-refractivity contribution in [2.45, 2.75) is 25.8 Å². The molecule has 0 radical (unpaired) electrons. The van der Waals surface area contributed by atoms with E-state index >= 15 is 0 Å². The minimum absolute atomic E-state index is 0.0145. The predicted molar refractivity (Wildman–Crippen MR) is 115 cm³/mol. The third kappa shape index (κ3) is 4.02. The van der Waals surface area contributed by atoms with Crippen LogP contribution in [0, 0.1) is 10.1 Å². The van der Waals surface area contributed by atoms with E-state index in [9.17, 15) is 24.8 Å². The molecule has 160 valence electrons. The predicted octanol–water partition coefficient (Wildman–Crippen LogP) is 3.13. The van der Waals surface area contributed by atoms with Gasteiger partial charge in [-0.05, 0) is 29.2 Å². The van der Waals surface area contributed by atoms with Crippen LogP contribution in [0.5, 0.6) is 11.6 Å². The van der Waals surface area contributed by atoms with Crippen molar-refractivity contribution in [2.24, 2.45) is 0 Å². The summed E-state index contributed by atoms with van der Waals surface area (Å²) in [6.45, 7) is 0.242. The average Bonchev–Trinajstić information content (AvgIpc) is 3.07. The van der Waals surface area contributed by atoms with Gasteiger partial charge in [-0.3, -0.25) is 24.7 Å². The number of nitrogens with one attached hydrogen (secondary N) is 1. The summed E-state index contributed by atoms with van der Waals surface area (Å²) in [6.07, 6.45) is 1.16. The molecule has 1 amide bonds. The third-order valence-corrected chi connectivity index (χ3v) is 6.13. The van der Waals surface area contributed by atoms with Gasteiger partial charge in [0, 0.05) is 25.0 Å². The normalized spacial score (nSPS) is 13.2. The second-order valence-corrected chi connectivity index (χ2v) is 8.19. The van der Waals surface area contributed by atoms with Crippen LogP contribution < -0.4 is 14.5 Å². The van der Waals surface area contributed by atoms with E-state index in [0.717, 1.165) is 28.0 Å². The number of nitro groups is 1. The number of thiazole rings is 1. The van der Waals surface area contributed by atoms with Crippen molar-refractivity contribution in [1.29, 1.82) is 0 Å². The van der Waals surface area contributed by atoms with Crippen LogP contribution >= 0.6 is 11.3 Å². The number of nitrogens with zero attached hydrogens (tertiary/aromatic N) is 2. The van der Waals surface area contributed by atoms with E-state index in [4.69, 9.17) is 4.74 Å². The molecule has 1 aliphatic rings. The lowest BCUT2D eigenvalue weighted by atomic mass is 9.92. The van der Waals surface area contributed by atoms with E-state index in [2.05, 4.69) is 4.98 Å². The maximum absolute atomic E-state index is 12.8. The lowest BCUT2D eigenvalue weighted by Crippen LogP contribution is -2.35. The van der Waals surface area contributed by atoms with Crippen molar-refractivity contribution in [1.82, 2.24) is 4.98 Å². The highest BCUT2D eigenvalue weighted by molar-refractivity contribution is 7.09. The smallest absolute Gasteiger partial charge is 0.307 e. The monoisotopic (exact) mass is 441 g/mol. The molecule has 4 rings (SSSR count). The fraction of sp³-hybridized carbons (Fsp3) is 0.238. The average molecular weight is 441 g/mol. The standard InChI is InChI=1S/C21H19N3O6S/c1-30-16-8-4-13(10-17-20(26)22-21(27)31-17)15-7-9-18(25)23(19(15)16)11-12-2-5-14(6-3-12)24(28)29/h2-6,8,26H,7,9-11H2,1H3,(H,22,27). The molecule has 0 aliphatic carbocycles. The number of aromatic hydroxyl groups is 1. The summed E-state index contributed by atoms with van der Waals surface area (Å²) in [5, 5.41) is 20.9. The Kier molecular flexibility index (Phi) is 5.47. The van der Waals surface area contributed by atoms with Crippen molar-refractivity contribution in [3.05, 3.63) is 77.7 Å². The molecule has 1 aromatic heterocycles. The molecule has 0 spiro atoms. The highest BCUT2D eigenvalue weighted by Crippen LogP contribution is 2.41. The number of nitro benzene ring substituents is 1. The van der Waals surface area contributed by atoms with E-state index in [1.807, 2.05) is 6.07 Å². The SMILES string of the molecule is COc1ccc(Cc2sc(=O)[nH]c2O)c2c1N(Cc1ccc([N+](=O)[O-])cc1)C(=O)CC2. The van der Waals surface area contributed by atoms with Crippen LogP contribution in [-0.2, 0) is 24.2 Å². The minimum Gasteiger partial charge on any atom is -0.495 e. The zero-order chi connectivity index (χ0) is 22.1. The lowest BCUT2D eigenvalue weighted by Gasteiger charge is -2.32. The Morgan fingerprint density at radius 2 is 1.94 bits per heavy atom. The molecule has 31 heavy (non-hydrogen) atoms. The first-order chi connectivity index (χ1) is 14.9. The molecule has 0 bridgehead atoms. The number of aromatic nitrogens is 1. The van der Waals surface area contributed by atoms with Crippen molar-refractivity contribution in [3.8, 4) is 11.6 Å². The van der Waals surface area contributed by atoms with Gasteiger partial charge in [0.05, 0.1) is 29.1 Å². The topological polar surface area (TPSA) is 126 Å². The van der Waals surface area contributed by atoms with Crippen LogP contribution in [0.3, 0.4) is 0 Å². The molecule has 2 heterocycles. The van der Waals surface area contributed by atoms with Crippen molar-refractivity contribution >= 4 is 28.6 Å². The van der Waals surface area contributed by atoms with Crippen molar-refractivity contribution < 1.29 is 19.6 Å². The number of methoxy groups -OCH3 is 1. The number of benzene rings is 2. The summed E-state index contributed by atoms with van der Waals surface area (Å²) in [7, 11) is 1.53. The quantitative estimate of drug-likeness (QED) is 0.447. The maximum atomic E-state index is 12.8. The fourth-order valence-corrected chi connectivity index (χ4v) is 4.52. The third-order valence-electron chi connectivity index (χ3n) is 5.26. The largest absolute Gasteiger partial charge is 0.495 e. The Morgan fingerprint density at radius 3 is 2.55 bits per heavy atom. The van der Waals surface area contributed by atoms with E-state index in [1.54, 1.807) is 23.1 Å². The Balaban J connectivity index is 1.73. The second-order valence-electron chi connectivity index (χ2n) is 7.12. The Labute approximate surface area is 180 Å². The van der Waals surface area contributed by atoms with Crippen LogP contribution in [0.4, 0.5) is 11.4 Å². The summed E-state index contributed by atoms with van der Waals surface area (Å²) in [5.74, 6) is 0.324. The number of carbonyl (C=O) groups is 1. The number of anilines is 1. The highest BCUT2D eigenvalue weighted by atomic mass is 32.1.